The normalized spacial score (nSPS) is 28.4. The van der Waals surface area contributed by atoms with Crippen molar-refractivity contribution >= 4 is 50.7 Å². The molecule has 0 aromatic heterocycles. The van der Waals surface area contributed by atoms with Crippen molar-refractivity contribution < 1.29 is 24.2 Å². The number of halogens is 1. The van der Waals surface area contributed by atoms with Gasteiger partial charge < -0.3 is 30.3 Å². The Morgan fingerprint density at radius 3 is 2.33 bits per heavy atom. The van der Waals surface area contributed by atoms with E-state index in [4.69, 9.17) is 4.74 Å². The van der Waals surface area contributed by atoms with Crippen molar-refractivity contribution in [2.24, 2.45) is 11.8 Å². The number of likely N-dealkylation sites (tertiary alicyclic amines) is 1. The van der Waals surface area contributed by atoms with Crippen molar-refractivity contribution in [1.82, 2.24) is 4.90 Å². The Hall–Kier alpha value is -2.95. The minimum Gasteiger partial charge on any atom is -0.396 e. The fraction of sp³-hybridized carbons (Fsp3) is 0.500. The van der Waals surface area contributed by atoms with E-state index in [1.807, 2.05) is 42.5 Å². The fourth-order valence-electron chi connectivity index (χ4n) is 6.67. The molecule has 2 aromatic carbocycles. The average molecular weight is 614 g/mol. The number of ether oxygens (including phenoxy) is 1. The van der Waals surface area contributed by atoms with Crippen LogP contribution < -0.4 is 15.5 Å². The van der Waals surface area contributed by atoms with Gasteiger partial charge in [-0.05, 0) is 69.5 Å². The lowest BCUT2D eigenvalue weighted by atomic mass is 9.70. The number of rotatable bonds is 11. The highest BCUT2D eigenvalue weighted by molar-refractivity contribution is 9.09. The van der Waals surface area contributed by atoms with Crippen molar-refractivity contribution in [3.05, 3.63) is 54.6 Å². The number of amides is 3. The lowest BCUT2D eigenvalue weighted by molar-refractivity contribution is -0.139. The zero-order valence-corrected chi connectivity index (χ0v) is 24.5. The van der Waals surface area contributed by atoms with Crippen LogP contribution in [-0.2, 0) is 19.1 Å². The SMILES string of the molecule is CCN(CC)c1ccc(NC(=O)C2N(CCCCO)C(=O)[C@@H]3[C@@H](C(=O)Nc4ccccc4)[C@@H]4OC23CC4Br)cc1. The van der Waals surface area contributed by atoms with Crippen LogP contribution in [0.4, 0.5) is 17.1 Å². The number of hydrogen-bond acceptors (Lipinski definition) is 6. The van der Waals surface area contributed by atoms with Gasteiger partial charge in [0.2, 0.25) is 17.7 Å². The molecule has 10 heteroatoms. The molecule has 0 saturated carbocycles. The summed E-state index contributed by atoms with van der Waals surface area (Å²) in [4.78, 5) is 45.2. The number of hydrogen-bond donors (Lipinski definition) is 3. The molecule has 3 aliphatic heterocycles. The van der Waals surface area contributed by atoms with Crippen LogP contribution >= 0.6 is 15.9 Å². The zero-order chi connectivity index (χ0) is 28.4. The predicted molar refractivity (Wildman–Crippen MR) is 157 cm³/mol. The maximum atomic E-state index is 14.0. The maximum Gasteiger partial charge on any atom is 0.250 e. The number of carbonyl (C=O) groups is 3. The summed E-state index contributed by atoms with van der Waals surface area (Å²) in [5.41, 5.74) is 1.21. The lowest BCUT2D eigenvalue weighted by Crippen LogP contribution is -2.54. The quantitative estimate of drug-likeness (QED) is 0.264. The van der Waals surface area contributed by atoms with E-state index in [2.05, 4.69) is 45.3 Å². The summed E-state index contributed by atoms with van der Waals surface area (Å²) in [7, 11) is 0. The van der Waals surface area contributed by atoms with Crippen LogP contribution in [0.25, 0.3) is 0 Å². The summed E-state index contributed by atoms with van der Waals surface area (Å²) in [6, 6.07) is 15.9. The van der Waals surface area contributed by atoms with E-state index in [1.165, 1.54) is 0 Å². The summed E-state index contributed by atoms with van der Waals surface area (Å²) in [5, 5.41) is 15.3. The third-order valence-electron chi connectivity index (χ3n) is 8.45. The van der Waals surface area contributed by atoms with Crippen LogP contribution in [0.15, 0.2) is 54.6 Å². The lowest BCUT2D eigenvalue weighted by Gasteiger charge is -2.34. The van der Waals surface area contributed by atoms with Crippen molar-refractivity contribution in [3.8, 4) is 0 Å². The van der Waals surface area contributed by atoms with Crippen LogP contribution in [0.1, 0.15) is 33.1 Å². The molecule has 0 aliphatic carbocycles. The fourth-order valence-corrected chi connectivity index (χ4v) is 7.61. The Morgan fingerprint density at radius 2 is 1.68 bits per heavy atom. The maximum absolute atomic E-state index is 14.0. The number of aliphatic hydroxyl groups excluding tert-OH is 1. The molecule has 2 bridgehead atoms. The van der Waals surface area contributed by atoms with E-state index in [-0.39, 0.29) is 29.2 Å². The number of anilines is 3. The van der Waals surface area contributed by atoms with E-state index in [1.54, 1.807) is 17.0 Å². The number of nitrogens with zero attached hydrogens (tertiary/aromatic N) is 2. The molecule has 3 saturated heterocycles. The van der Waals surface area contributed by atoms with Crippen LogP contribution in [0.5, 0.6) is 0 Å². The van der Waals surface area contributed by atoms with Gasteiger partial charge in [-0.1, -0.05) is 34.1 Å². The molecule has 3 unspecified atom stereocenters. The number of nitrogens with one attached hydrogen (secondary N) is 2. The van der Waals surface area contributed by atoms with E-state index in [0.29, 0.717) is 37.2 Å². The summed E-state index contributed by atoms with van der Waals surface area (Å²) >= 11 is 3.70. The molecule has 40 heavy (non-hydrogen) atoms. The molecule has 5 rings (SSSR count). The van der Waals surface area contributed by atoms with Gasteiger partial charge in [0.05, 0.1) is 17.9 Å². The third-order valence-corrected chi connectivity index (χ3v) is 9.30. The number of alkyl halides is 1. The highest BCUT2D eigenvalue weighted by Crippen LogP contribution is 2.60. The standard InChI is InChI=1S/C30H37BrN4O5/c1-3-34(4-2)21-14-12-20(13-15-21)33-28(38)26-30-18-22(31)25(40-30)23(27(37)32-19-10-6-5-7-11-19)24(30)29(39)35(26)16-8-9-17-36/h5-7,10-15,22-26,36H,3-4,8-9,16-18H2,1-2H3,(H,32,37)(H,33,38)/t22?,23-,24+,25-,26?,30?/m1/s1. The first-order chi connectivity index (χ1) is 19.3. The number of aliphatic hydroxyl groups is 1. The van der Waals surface area contributed by atoms with Gasteiger partial charge in [0.15, 0.2) is 0 Å². The highest BCUT2D eigenvalue weighted by atomic mass is 79.9. The van der Waals surface area contributed by atoms with Crippen molar-refractivity contribution in [2.75, 3.05) is 41.8 Å². The zero-order valence-electron chi connectivity index (χ0n) is 22.9. The molecule has 3 heterocycles. The molecule has 1 spiro atoms. The Balaban J connectivity index is 1.43. The molecule has 9 nitrogen and oxygen atoms in total. The van der Waals surface area contributed by atoms with Gasteiger partial charge in [-0.15, -0.1) is 0 Å². The summed E-state index contributed by atoms with van der Waals surface area (Å²) < 4.78 is 6.54. The van der Waals surface area contributed by atoms with E-state index >= 15 is 0 Å². The van der Waals surface area contributed by atoms with Gasteiger partial charge in [0.1, 0.15) is 11.6 Å². The first-order valence-electron chi connectivity index (χ1n) is 14.1. The second-order valence-electron chi connectivity index (χ2n) is 10.7. The second kappa shape index (κ2) is 11.9. The number of carbonyl (C=O) groups excluding carboxylic acids is 3. The molecule has 0 radical (unpaired) electrons. The number of para-hydroxylation sites is 1. The third kappa shape index (κ3) is 5.01. The van der Waals surface area contributed by atoms with Crippen molar-refractivity contribution in [2.45, 2.75) is 55.7 Å². The molecule has 3 fully saturated rings. The van der Waals surface area contributed by atoms with Gasteiger partial charge in [0, 0.05) is 48.1 Å². The smallest absolute Gasteiger partial charge is 0.250 e. The summed E-state index contributed by atoms with van der Waals surface area (Å²) in [6.07, 6.45) is 0.958. The van der Waals surface area contributed by atoms with Gasteiger partial charge >= 0.3 is 0 Å². The summed E-state index contributed by atoms with van der Waals surface area (Å²) in [6.45, 7) is 6.24. The average Bonchev–Trinajstić information content (AvgIpc) is 3.54. The van der Waals surface area contributed by atoms with Crippen molar-refractivity contribution in [3.63, 3.8) is 0 Å². The van der Waals surface area contributed by atoms with Gasteiger partial charge in [-0.3, -0.25) is 14.4 Å². The highest BCUT2D eigenvalue weighted by Gasteiger charge is 2.76. The van der Waals surface area contributed by atoms with Crippen LogP contribution in [0.2, 0.25) is 0 Å². The first-order valence-corrected chi connectivity index (χ1v) is 15.0. The van der Waals surface area contributed by atoms with Crippen LogP contribution in [0, 0.1) is 11.8 Å². The molecule has 6 atom stereocenters. The minimum atomic E-state index is -1.13. The molecule has 2 aromatic rings. The number of benzene rings is 2. The van der Waals surface area contributed by atoms with Crippen molar-refractivity contribution in [1.29, 1.82) is 0 Å². The Labute approximate surface area is 243 Å². The largest absolute Gasteiger partial charge is 0.396 e. The Kier molecular flexibility index (Phi) is 8.49. The van der Waals surface area contributed by atoms with Crippen LogP contribution in [0.3, 0.4) is 0 Å². The summed E-state index contributed by atoms with van der Waals surface area (Å²) in [5.74, 6) is -2.38. The first kappa shape index (κ1) is 28.6. The molecule has 3 amide bonds. The van der Waals surface area contributed by atoms with E-state index in [0.717, 1.165) is 18.8 Å². The number of fused-ring (bicyclic) bond motifs is 1. The second-order valence-corrected chi connectivity index (χ2v) is 11.9. The topological polar surface area (TPSA) is 111 Å². The van der Waals surface area contributed by atoms with Crippen LogP contribution in [-0.4, -0.2) is 76.5 Å². The molecular formula is C30H37BrN4O5. The Bertz CT molecular complexity index is 1220. The molecular weight excluding hydrogens is 576 g/mol. The predicted octanol–water partition coefficient (Wildman–Crippen LogP) is 3.63. The van der Waals surface area contributed by atoms with Gasteiger partial charge in [-0.2, -0.15) is 0 Å². The van der Waals surface area contributed by atoms with Gasteiger partial charge in [-0.25, -0.2) is 0 Å². The molecule has 214 valence electrons. The van der Waals surface area contributed by atoms with Gasteiger partial charge in [0.25, 0.3) is 0 Å². The number of unbranched alkanes of at least 4 members (excludes halogenated alkanes) is 1. The monoisotopic (exact) mass is 612 g/mol. The Morgan fingerprint density at radius 1 is 1.02 bits per heavy atom. The van der Waals surface area contributed by atoms with E-state index < -0.39 is 29.6 Å². The molecule has 3 N–H and O–H groups in total. The molecule has 3 aliphatic rings. The minimum absolute atomic E-state index is 0.00347. The van der Waals surface area contributed by atoms with E-state index in [9.17, 15) is 19.5 Å².